The van der Waals surface area contributed by atoms with Crippen molar-refractivity contribution in [2.75, 3.05) is 0 Å². The Hall–Kier alpha value is -1.13. The Bertz CT molecular complexity index is 430. The number of tetrazole rings is 1. The maximum absolute atomic E-state index is 8.89. The van der Waals surface area contributed by atoms with Gasteiger partial charge >= 0.3 is 0 Å². The molecule has 2 unspecified atom stereocenters. The van der Waals surface area contributed by atoms with Gasteiger partial charge in [0.25, 0.3) is 0 Å². The minimum absolute atomic E-state index is 0.216. The first-order chi connectivity index (χ1) is 8.02. The van der Waals surface area contributed by atoms with E-state index in [0.717, 1.165) is 18.0 Å². The van der Waals surface area contributed by atoms with E-state index in [2.05, 4.69) is 21.6 Å². The molecule has 2 rings (SSSR count). The first kappa shape index (κ1) is 12.3. The summed E-state index contributed by atoms with van der Waals surface area (Å²) in [6.07, 6.45) is 2.92. The van der Waals surface area contributed by atoms with Gasteiger partial charge in [-0.05, 0) is 36.6 Å². The lowest BCUT2D eigenvalue weighted by molar-refractivity contribution is 0.539. The van der Waals surface area contributed by atoms with Gasteiger partial charge in [0.1, 0.15) is 5.54 Å². The smallest absolute Gasteiger partial charge is 0.209 e. The van der Waals surface area contributed by atoms with E-state index < -0.39 is 5.54 Å². The molecule has 1 aliphatic rings. The van der Waals surface area contributed by atoms with Gasteiger partial charge in [-0.3, -0.25) is 0 Å². The largest absolute Gasteiger partial charge is 0.314 e. The van der Waals surface area contributed by atoms with Gasteiger partial charge in [-0.2, -0.15) is 5.26 Å². The van der Waals surface area contributed by atoms with E-state index in [1.54, 1.807) is 18.7 Å². The molecule has 0 amide bonds. The van der Waals surface area contributed by atoms with Crippen molar-refractivity contribution < 1.29 is 0 Å². The topological polar surface area (TPSA) is 93.4 Å². The van der Waals surface area contributed by atoms with E-state index in [4.69, 9.17) is 11.0 Å². The van der Waals surface area contributed by atoms with Gasteiger partial charge < -0.3 is 5.73 Å². The molecule has 1 saturated carbocycles. The average molecular weight is 252 g/mol. The number of aromatic nitrogens is 4. The summed E-state index contributed by atoms with van der Waals surface area (Å²) in [5, 5.41) is 21.6. The maximum Gasteiger partial charge on any atom is 0.209 e. The van der Waals surface area contributed by atoms with Crippen LogP contribution in [0.1, 0.15) is 39.2 Å². The van der Waals surface area contributed by atoms with E-state index in [9.17, 15) is 0 Å². The molecular weight excluding hydrogens is 236 g/mol. The van der Waals surface area contributed by atoms with Crippen molar-refractivity contribution in [2.24, 2.45) is 5.73 Å². The summed E-state index contributed by atoms with van der Waals surface area (Å²) in [6.45, 7) is 3.78. The Morgan fingerprint density at radius 2 is 2.41 bits per heavy atom. The highest BCUT2D eigenvalue weighted by Gasteiger charge is 2.29. The van der Waals surface area contributed by atoms with Gasteiger partial charge in [-0.1, -0.05) is 18.7 Å². The fourth-order valence-electron chi connectivity index (χ4n) is 1.68. The molecule has 0 saturated heterocycles. The van der Waals surface area contributed by atoms with Gasteiger partial charge in [-0.15, -0.1) is 5.10 Å². The SMILES string of the molecule is CC(CC(C)(N)C#N)Sc1nnnn1C1CC1. The highest BCUT2D eigenvalue weighted by atomic mass is 32.2. The Morgan fingerprint density at radius 3 is 3.00 bits per heavy atom. The number of nitriles is 1. The third-order valence-electron chi connectivity index (χ3n) is 2.63. The van der Waals surface area contributed by atoms with Crippen LogP contribution in [0.3, 0.4) is 0 Å². The standard InChI is InChI=1S/C10H16N6S/c1-7(5-10(2,12)6-11)17-9-13-14-15-16(9)8-3-4-8/h7-8H,3-5,12H2,1-2H3. The molecule has 1 aromatic heterocycles. The zero-order valence-corrected chi connectivity index (χ0v) is 10.8. The summed E-state index contributed by atoms with van der Waals surface area (Å²) < 4.78 is 1.88. The van der Waals surface area contributed by atoms with E-state index in [1.165, 1.54) is 0 Å². The third kappa shape index (κ3) is 3.17. The summed E-state index contributed by atoms with van der Waals surface area (Å²) >= 11 is 1.58. The summed E-state index contributed by atoms with van der Waals surface area (Å²) in [5.74, 6) is 0. The van der Waals surface area contributed by atoms with Crippen LogP contribution in [0.2, 0.25) is 0 Å². The first-order valence-electron chi connectivity index (χ1n) is 5.66. The molecule has 6 nitrogen and oxygen atoms in total. The van der Waals surface area contributed by atoms with Crippen LogP contribution in [0.15, 0.2) is 5.16 Å². The molecule has 1 heterocycles. The van der Waals surface area contributed by atoms with Gasteiger partial charge in [0.15, 0.2) is 0 Å². The minimum atomic E-state index is -0.787. The van der Waals surface area contributed by atoms with Crippen LogP contribution >= 0.6 is 11.8 Å². The maximum atomic E-state index is 8.89. The highest BCUT2D eigenvalue weighted by Crippen LogP contribution is 2.37. The Kier molecular flexibility index (Phi) is 3.35. The molecule has 7 heteroatoms. The second kappa shape index (κ2) is 4.63. The van der Waals surface area contributed by atoms with Crippen molar-refractivity contribution >= 4 is 11.8 Å². The molecule has 1 aromatic rings. The average Bonchev–Trinajstić information content (AvgIpc) is 3.00. The molecule has 0 aromatic carbocycles. The molecule has 0 spiro atoms. The normalized spacial score (nSPS) is 20.6. The molecule has 92 valence electrons. The van der Waals surface area contributed by atoms with Crippen LogP contribution in [0.5, 0.6) is 0 Å². The Balaban J connectivity index is 1.96. The molecule has 2 atom stereocenters. The summed E-state index contributed by atoms with van der Waals surface area (Å²) in [4.78, 5) is 0. The molecule has 0 aliphatic heterocycles. The number of nitrogens with zero attached hydrogens (tertiary/aromatic N) is 5. The second-order valence-corrected chi connectivity index (χ2v) is 6.20. The lowest BCUT2D eigenvalue weighted by Gasteiger charge is -2.19. The van der Waals surface area contributed by atoms with Crippen molar-refractivity contribution in [3.8, 4) is 6.07 Å². The van der Waals surface area contributed by atoms with E-state index >= 15 is 0 Å². The molecule has 1 aliphatic carbocycles. The molecule has 0 bridgehead atoms. The van der Waals surface area contributed by atoms with Gasteiger partial charge in [0.05, 0.1) is 12.1 Å². The van der Waals surface area contributed by atoms with Crippen molar-refractivity contribution in [3.63, 3.8) is 0 Å². The van der Waals surface area contributed by atoms with Crippen molar-refractivity contribution in [1.82, 2.24) is 20.2 Å². The monoisotopic (exact) mass is 252 g/mol. The van der Waals surface area contributed by atoms with Crippen LogP contribution in [0.4, 0.5) is 0 Å². The van der Waals surface area contributed by atoms with E-state index in [1.807, 2.05) is 11.6 Å². The molecule has 2 N–H and O–H groups in total. The van der Waals surface area contributed by atoms with Gasteiger partial charge in [-0.25, -0.2) is 4.68 Å². The second-order valence-electron chi connectivity index (χ2n) is 4.80. The molecule has 0 radical (unpaired) electrons. The quantitative estimate of drug-likeness (QED) is 0.789. The fraction of sp³-hybridized carbons (Fsp3) is 0.800. The van der Waals surface area contributed by atoms with Crippen LogP contribution in [-0.4, -0.2) is 31.0 Å². The predicted octanol–water partition coefficient (Wildman–Crippen LogP) is 1.12. The molecular formula is C10H16N6S. The zero-order chi connectivity index (χ0) is 12.5. The number of hydrogen-bond acceptors (Lipinski definition) is 6. The van der Waals surface area contributed by atoms with Crippen molar-refractivity contribution in [2.45, 2.75) is 55.1 Å². The lowest BCUT2D eigenvalue weighted by atomic mass is 10.00. The lowest BCUT2D eigenvalue weighted by Crippen LogP contribution is -2.36. The fourth-order valence-corrected chi connectivity index (χ4v) is 2.84. The van der Waals surface area contributed by atoms with Crippen LogP contribution < -0.4 is 5.73 Å². The van der Waals surface area contributed by atoms with E-state index in [0.29, 0.717) is 12.5 Å². The van der Waals surface area contributed by atoms with Crippen molar-refractivity contribution in [3.05, 3.63) is 0 Å². The minimum Gasteiger partial charge on any atom is -0.314 e. The summed E-state index contributed by atoms with van der Waals surface area (Å²) in [7, 11) is 0. The summed E-state index contributed by atoms with van der Waals surface area (Å²) in [6, 6.07) is 2.58. The van der Waals surface area contributed by atoms with E-state index in [-0.39, 0.29) is 5.25 Å². The van der Waals surface area contributed by atoms with Crippen LogP contribution in [-0.2, 0) is 0 Å². The van der Waals surface area contributed by atoms with Crippen LogP contribution in [0, 0.1) is 11.3 Å². The number of rotatable bonds is 5. The van der Waals surface area contributed by atoms with Crippen LogP contribution in [0.25, 0.3) is 0 Å². The predicted molar refractivity (Wildman–Crippen MR) is 64.2 cm³/mol. The molecule has 1 fully saturated rings. The first-order valence-corrected chi connectivity index (χ1v) is 6.54. The number of nitrogens with two attached hydrogens (primary N) is 1. The summed E-state index contributed by atoms with van der Waals surface area (Å²) in [5.41, 5.74) is 5.04. The number of hydrogen-bond donors (Lipinski definition) is 1. The third-order valence-corrected chi connectivity index (χ3v) is 3.68. The van der Waals surface area contributed by atoms with Gasteiger partial charge in [0.2, 0.25) is 5.16 Å². The number of thioether (sulfide) groups is 1. The Morgan fingerprint density at radius 1 is 1.71 bits per heavy atom. The highest BCUT2D eigenvalue weighted by molar-refractivity contribution is 7.99. The Labute approximate surface area is 105 Å². The zero-order valence-electron chi connectivity index (χ0n) is 10.00. The van der Waals surface area contributed by atoms with Crippen molar-refractivity contribution in [1.29, 1.82) is 5.26 Å². The molecule has 17 heavy (non-hydrogen) atoms. The van der Waals surface area contributed by atoms with Gasteiger partial charge in [0, 0.05) is 5.25 Å².